The van der Waals surface area contributed by atoms with Gasteiger partial charge in [0.2, 0.25) is 5.28 Å². The lowest BCUT2D eigenvalue weighted by Gasteiger charge is -2.36. The Balaban J connectivity index is 1.96. The highest BCUT2D eigenvalue weighted by Gasteiger charge is 2.41. The van der Waals surface area contributed by atoms with Crippen LogP contribution < -0.4 is 4.90 Å². The van der Waals surface area contributed by atoms with Crippen LogP contribution in [0.5, 0.6) is 0 Å². The van der Waals surface area contributed by atoms with E-state index in [1.165, 1.54) is 12.8 Å². The fraction of sp³-hybridized carbons (Fsp3) is 0.500. The second-order valence-electron chi connectivity index (χ2n) is 4.97. The Labute approximate surface area is 115 Å². The number of nitrogens with zero attached hydrogens (tertiary/aromatic N) is 6. The monoisotopic (exact) mass is 276 g/mol. The molecule has 1 atom stereocenters. The van der Waals surface area contributed by atoms with Crippen LogP contribution in [0.1, 0.15) is 38.1 Å². The first kappa shape index (κ1) is 11.2. The van der Waals surface area contributed by atoms with Gasteiger partial charge in [0, 0.05) is 6.04 Å². The average Bonchev–Trinajstić information content (AvgIpc) is 3.13. The Morgan fingerprint density at radius 2 is 2.26 bits per heavy atom. The van der Waals surface area contributed by atoms with Crippen molar-refractivity contribution in [2.45, 2.75) is 38.3 Å². The molecule has 0 spiro atoms. The number of hydrogen-bond acceptors (Lipinski definition) is 5. The van der Waals surface area contributed by atoms with Crippen molar-refractivity contribution >= 4 is 17.4 Å². The second kappa shape index (κ2) is 3.90. The molecule has 3 heterocycles. The smallest absolute Gasteiger partial charge is 0.224 e. The fourth-order valence-electron chi connectivity index (χ4n) is 2.79. The van der Waals surface area contributed by atoms with Crippen molar-refractivity contribution in [3.63, 3.8) is 0 Å². The molecule has 1 saturated carbocycles. The summed E-state index contributed by atoms with van der Waals surface area (Å²) in [5.74, 6) is 1.87. The van der Waals surface area contributed by atoms with Gasteiger partial charge in [0.1, 0.15) is 12.0 Å². The molecule has 7 heteroatoms. The van der Waals surface area contributed by atoms with Crippen molar-refractivity contribution in [1.29, 1.82) is 0 Å². The van der Waals surface area contributed by atoms with E-state index < -0.39 is 0 Å². The third-order valence-corrected chi connectivity index (χ3v) is 3.94. The number of halogens is 1. The van der Waals surface area contributed by atoms with Crippen molar-refractivity contribution in [3.05, 3.63) is 23.6 Å². The highest BCUT2D eigenvalue weighted by molar-refractivity contribution is 6.28. The van der Waals surface area contributed by atoms with Gasteiger partial charge in [-0.3, -0.25) is 4.57 Å². The van der Waals surface area contributed by atoms with Crippen LogP contribution in [0.25, 0.3) is 5.69 Å². The van der Waals surface area contributed by atoms with Gasteiger partial charge in [0.05, 0.1) is 12.2 Å². The topological polar surface area (TPSA) is 59.7 Å². The SMILES string of the molecule is CC[C@@H]1c2nncn2-c2cnc(Cl)nc2N1C1CC1. The first-order valence-corrected chi connectivity index (χ1v) is 6.88. The van der Waals surface area contributed by atoms with Gasteiger partial charge in [-0.2, -0.15) is 4.98 Å². The van der Waals surface area contributed by atoms with E-state index in [-0.39, 0.29) is 11.3 Å². The maximum absolute atomic E-state index is 5.97. The summed E-state index contributed by atoms with van der Waals surface area (Å²) in [5.41, 5.74) is 0.918. The highest BCUT2D eigenvalue weighted by atomic mass is 35.5. The van der Waals surface area contributed by atoms with Crippen LogP contribution in [0.2, 0.25) is 5.28 Å². The molecule has 2 aliphatic rings. The van der Waals surface area contributed by atoms with Gasteiger partial charge < -0.3 is 4.90 Å². The predicted molar refractivity (Wildman–Crippen MR) is 70.5 cm³/mol. The van der Waals surface area contributed by atoms with Crippen LogP contribution in [0, 0.1) is 0 Å². The molecule has 98 valence electrons. The molecule has 0 bridgehead atoms. The van der Waals surface area contributed by atoms with E-state index in [2.05, 4.69) is 32.0 Å². The normalized spacial score (nSPS) is 21.2. The fourth-order valence-corrected chi connectivity index (χ4v) is 2.92. The molecule has 0 amide bonds. The van der Waals surface area contributed by atoms with Crippen LogP contribution in [0.3, 0.4) is 0 Å². The van der Waals surface area contributed by atoms with Gasteiger partial charge in [-0.1, -0.05) is 6.92 Å². The van der Waals surface area contributed by atoms with Gasteiger partial charge in [-0.05, 0) is 30.9 Å². The van der Waals surface area contributed by atoms with Crippen molar-refractivity contribution in [2.75, 3.05) is 4.90 Å². The van der Waals surface area contributed by atoms with Crippen molar-refractivity contribution < 1.29 is 0 Å². The molecular weight excluding hydrogens is 264 g/mol. The Bertz CT molecular complexity index is 635. The van der Waals surface area contributed by atoms with E-state index in [1.54, 1.807) is 12.5 Å². The van der Waals surface area contributed by atoms with Gasteiger partial charge in [0.25, 0.3) is 0 Å². The maximum atomic E-state index is 5.97. The summed E-state index contributed by atoms with van der Waals surface area (Å²) >= 11 is 5.97. The van der Waals surface area contributed by atoms with Gasteiger partial charge in [-0.25, -0.2) is 4.98 Å². The summed E-state index contributed by atoms with van der Waals surface area (Å²) in [7, 11) is 0. The molecule has 1 fully saturated rings. The molecule has 0 saturated heterocycles. The number of anilines is 1. The van der Waals surface area contributed by atoms with E-state index in [4.69, 9.17) is 11.6 Å². The summed E-state index contributed by atoms with van der Waals surface area (Å²) in [6, 6.07) is 0.758. The Morgan fingerprint density at radius 3 is 3.00 bits per heavy atom. The molecule has 1 aliphatic carbocycles. The Morgan fingerprint density at radius 1 is 1.42 bits per heavy atom. The number of aromatic nitrogens is 5. The maximum Gasteiger partial charge on any atom is 0.224 e. The van der Waals surface area contributed by atoms with E-state index in [9.17, 15) is 0 Å². The zero-order valence-electron chi connectivity index (χ0n) is 10.5. The summed E-state index contributed by atoms with van der Waals surface area (Å²) < 4.78 is 1.97. The van der Waals surface area contributed by atoms with Crippen LogP contribution in [-0.4, -0.2) is 30.8 Å². The first-order chi connectivity index (χ1) is 9.29. The lowest BCUT2D eigenvalue weighted by Crippen LogP contribution is -2.37. The van der Waals surface area contributed by atoms with Gasteiger partial charge >= 0.3 is 0 Å². The average molecular weight is 277 g/mol. The minimum absolute atomic E-state index is 0.216. The first-order valence-electron chi connectivity index (χ1n) is 6.50. The largest absolute Gasteiger partial charge is 0.341 e. The molecule has 2 aromatic rings. The molecule has 2 aromatic heterocycles. The number of rotatable bonds is 2. The minimum atomic E-state index is 0.216. The molecule has 0 N–H and O–H groups in total. The van der Waals surface area contributed by atoms with Crippen LogP contribution in [0.15, 0.2) is 12.5 Å². The van der Waals surface area contributed by atoms with Crippen LogP contribution >= 0.6 is 11.6 Å². The zero-order chi connectivity index (χ0) is 13.0. The van der Waals surface area contributed by atoms with Gasteiger partial charge in [-0.15, -0.1) is 10.2 Å². The number of fused-ring (bicyclic) bond motifs is 3. The van der Waals surface area contributed by atoms with Crippen LogP contribution in [-0.2, 0) is 0 Å². The third kappa shape index (κ3) is 1.56. The molecular formula is C12H13ClN6. The second-order valence-corrected chi connectivity index (χ2v) is 5.31. The minimum Gasteiger partial charge on any atom is -0.341 e. The molecule has 1 aliphatic heterocycles. The molecule has 0 aromatic carbocycles. The standard InChI is InChI=1S/C12H13ClN6/c1-2-8-11-17-15-6-18(11)9-5-14-12(13)16-10(9)19(8)7-3-4-7/h5-8H,2-4H2,1H3/t8-/m1/s1. The van der Waals surface area contributed by atoms with Crippen LogP contribution in [0.4, 0.5) is 5.82 Å². The van der Waals surface area contributed by atoms with Crippen molar-refractivity contribution in [2.24, 2.45) is 0 Å². The third-order valence-electron chi connectivity index (χ3n) is 3.76. The molecule has 6 nitrogen and oxygen atoms in total. The van der Waals surface area contributed by atoms with E-state index >= 15 is 0 Å². The van der Waals surface area contributed by atoms with Crippen molar-refractivity contribution in [3.8, 4) is 5.69 Å². The van der Waals surface area contributed by atoms with Crippen molar-refractivity contribution in [1.82, 2.24) is 24.7 Å². The molecule has 19 heavy (non-hydrogen) atoms. The molecule has 0 radical (unpaired) electrons. The number of hydrogen-bond donors (Lipinski definition) is 0. The quantitative estimate of drug-likeness (QED) is 0.787. The summed E-state index contributed by atoms with van der Waals surface area (Å²) in [6.07, 6.45) is 6.84. The molecule has 0 unspecified atom stereocenters. The Hall–Kier alpha value is -1.69. The lowest BCUT2D eigenvalue weighted by molar-refractivity contribution is 0.532. The summed E-state index contributed by atoms with van der Waals surface area (Å²) in [6.45, 7) is 2.16. The zero-order valence-corrected chi connectivity index (χ0v) is 11.2. The van der Waals surface area contributed by atoms with E-state index in [0.717, 1.165) is 23.8 Å². The van der Waals surface area contributed by atoms with E-state index in [1.807, 2.05) is 4.57 Å². The summed E-state index contributed by atoms with van der Waals surface area (Å²) in [5, 5.41) is 8.60. The summed E-state index contributed by atoms with van der Waals surface area (Å²) in [4.78, 5) is 10.9. The highest BCUT2D eigenvalue weighted by Crippen LogP contribution is 2.44. The Kier molecular flexibility index (Phi) is 2.29. The lowest BCUT2D eigenvalue weighted by atomic mass is 10.1. The molecule has 4 rings (SSSR count). The van der Waals surface area contributed by atoms with E-state index in [0.29, 0.717) is 6.04 Å². The predicted octanol–water partition coefficient (Wildman–Crippen LogP) is 2.14. The van der Waals surface area contributed by atoms with Gasteiger partial charge in [0.15, 0.2) is 11.6 Å².